The van der Waals surface area contributed by atoms with Gasteiger partial charge < -0.3 is 10.2 Å². The molecule has 108 valence electrons. The molecule has 1 fully saturated rings. The van der Waals surface area contributed by atoms with E-state index in [9.17, 15) is 0 Å². The van der Waals surface area contributed by atoms with Crippen LogP contribution in [-0.4, -0.2) is 37.1 Å². The van der Waals surface area contributed by atoms with Gasteiger partial charge in [0.05, 0.1) is 11.2 Å². The first-order valence-corrected chi connectivity index (χ1v) is 8.25. The summed E-state index contributed by atoms with van der Waals surface area (Å²) >= 11 is 1.78. The number of hydrogen-bond donors (Lipinski definition) is 1. The van der Waals surface area contributed by atoms with Gasteiger partial charge in [-0.1, -0.05) is 19.3 Å². The molecule has 0 saturated heterocycles. The zero-order chi connectivity index (χ0) is 13.7. The molecule has 0 aliphatic heterocycles. The van der Waals surface area contributed by atoms with E-state index in [1.165, 1.54) is 49.2 Å². The van der Waals surface area contributed by atoms with Crippen LogP contribution in [0.4, 0.5) is 0 Å². The predicted molar refractivity (Wildman–Crippen MR) is 82.6 cm³/mol. The summed E-state index contributed by atoms with van der Waals surface area (Å²) in [5, 5.41) is 3.42. The standard InChI is InChI=1S/C15H27N3S/c1-13-14(19-12-17-13)9-18(3)11-15(10-16-2)7-5-4-6-8-15/h12,16H,4-11H2,1-3H3. The molecular formula is C15H27N3S. The first-order valence-electron chi connectivity index (χ1n) is 7.37. The van der Waals surface area contributed by atoms with E-state index in [2.05, 4.69) is 36.2 Å². The van der Waals surface area contributed by atoms with Crippen LogP contribution in [0.2, 0.25) is 0 Å². The Morgan fingerprint density at radius 1 is 1.37 bits per heavy atom. The molecule has 0 atom stereocenters. The van der Waals surface area contributed by atoms with Crippen LogP contribution >= 0.6 is 11.3 Å². The van der Waals surface area contributed by atoms with Crippen LogP contribution in [-0.2, 0) is 6.54 Å². The third-order valence-corrected chi connectivity index (χ3v) is 5.25. The van der Waals surface area contributed by atoms with Crippen LogP contribution in [0.5, 0.6) is 0 Å². The second kappa shape index (κ2) is 6.82. The van der Waals surface area contributed by atoms with E-state index < -0.39 is 0 Å². The molecule has 0 unspecified atom stereocenters. The fourth-order valence-electron chi connectivity index (χ4n) is 3.42. The van der Waals surface area contributed by atoms with Gasteiger partial charge in [0.1, 0.15) is 0 Å². The van der Waals surface area contributed by atoms with Gasteiger partial charge in [-0.2, -0.15) is 0 Å². The summed E-state index contributed by atoms with van der Waals surface area (Å²) in [7, 11) is 4.34. The first kappa shape index (κ1) is 14.9. The summed E-state index contributed by atoms with van der Waals surface area (Å²) in [5.41, 5.74) is 3.64. The van der Waals surface area contributed by atoms with Crippen molar-refractivity contribution in [2.75, 3.05) is 27.2 Å². The highest BCUT2D eigenvalue weighted by molar-refractivity contribution is 7.09. The van der Waals surface area contributed by atoms with E-state index in [-0.39, 0.29) is 0 Å². The van der Waals surface area contributed by atoms with E-state index >= 15 is 0 Å². The molecule has 4 heteroatoms. The van der Waals surface area contributed by atoms with Crippen molar-refractivity contribution in [3.05, 3.63) is 16.1 Å². The smallest absolute Gasteiger partial charge is 0.0798 e. The maximum atomic E-state index is 4.35. The zero-order valence-electron chi connectivity index (χ0n) is 12.5. The summed E-state index contributed by atoms with van der Waals surface area (Å²) in [5.74, 6) is 0. The number of aryl methyl sites for hydroxylation is 1. The van der Waals surface area contributed by atoms with Gasteiger partial charge in [0.15, 0.2) is 0 Å². The first-order chi connectivity index (χ1) is 9.15. The van der Waals surface area contributed by atoms with Gasteiger partial charge in [-0.05, 0) is 39.3 Å². The summed E-state index contributed by atoms with van der Waals surface area (Å²) < 4.78 is 0. The van der Waals surface area contributed by atoms with Crippen molar-refractivity contribution < 1.29 is 0 Å². The van der Waals surface area contributed by atoms with Crippen LogP contribution in [0, 0.1) is 12.3 Å². The maximum Gasteiger partial charge on any atom is 0.0798 e. The highest BCUT2D eigenvalue weighted by Gasteiger charge is 2.32. The fourth-order valence-corrected chi connectivity index (χ4v) is 4.28. The summed E-state index contributed by atoms with van der Waals surface area (Å²) in [6.07, 6.45) is 6.97. The van der Waals surface area contributed by atoms with Crippen molar-refractivity contribution in [1.29, 1.82) is 0 Å². The quantitative estimate of drug-likeness (QED) is 0.868. The Bertz CT molecular complexity index is 377. The van der Waals surface area contributed by atoms with Crippen molar-refractivity contribution >= 4 is 11.3 Å². The molecule has 1 aliphatic carbocycles. The second-order valence-electron chi connectivity index (χ2n) is 6.12. The lowest BCUT2D eigenvalue weighted by atomic mass is 9.73. The lowest BCUT2D eigenvalue weighted by Gasteiger charge is -2.40. The normalized spacial score (nSPS) is 18.9. The Labute approximate surface area is 121 Å². The molecule has 1 N–H and O–H groups in total. The third kappa shape index (κ3) is 4.01. The number of nitrogens with one attached hydrogen (secondary N) is 1. The number of nitrogens with zero attached hydrogens (tertiary/aromatic N) is 2. The minimum Gasteiger partial charge on any atom is -0.319 e. The van der Waals surface area contributed by atoms with Crippen LogP contribution < -0.4 is 5.32 Å². The Kier molecular flexibility index (Phi) is 5.37. The van der Waals surface area contributed by atoms with Gasteiger partial charge in [-0.25, -0.2) is 4.98 Å². The monoisotopic (exact) mass is 281 g/mol. The summed E-state index contributed by atoms with van der Waals surface area (Å²) in [4.78, 5) is 8.25. The SMILES string of the molecule is CNCC1(CN(C)Cc2scnc2C)CCCCC1. The molecular weight excluding hydrogens is 254 g/mol. The number of rotatable bonds is 6. The van der Waals surface area contributed by atoms with E-state index in [4.69, 9.17) is 0 Å². The number of hydrogen-bond acceptors (Lipinski definition) is 4. The maximum absolute atomic E-state index is 4.35. The van der Waals surface area contributed by atoms with Gasteiger partial charge in [-0.15, -0.1) is 11.3 Å². The van der Waals surface area contributed by atoms with Crippen LogP contribution in [0.25, 0.3) is 0 Å². The molecule has 0 radical (unpaired) electrons. The molecule has 3 nitrogen and oxygen atoms in total. The molecule has 1 aliphatic rings. The molecule has 0 spiro atoms. The van der Waals surface area contributed by atoms with Gasteiger partial charge >= 0.3 is 0 Å². The molecule has 0 aromatic carbocycles. The van der Waals surface area contributed by atoms with Crippen LogP contribution in [0.3, 0.4) is 0 Å². The van der Waals surface area contributed by atoms with E-state index in [0.29, 0.717) is 5.41 Å². The van der Waals surface area contributed by atoms with E-state index in [1.807, 2.05) is 5.51 Å². The lowest BCUT2D eigenvalue weighted by molar-refractivity contribution is 0.116. The van der Waals surface area contributed by atoms with Gasteiger partial charge in [0.2, 0.25) is 0 Å². The fraction of sp³-hybridized carbons (Fsp3) is 0.800. The van der Waals surface area contributed by atoms with Crippen molar-refractivity contribution in [3.63, 3.8) is 0 Å². The van der Waals surface area contributed by atoms with Crippen molar-refractivity contribution in [3.8, 4) is 0 Å². The Morgan fingerprint density at radius 2 is 2.11 bits per heavy atom. The van der Waals surface area contributed by atoms with Gasteiger partial charge in [0, 0.05) is 24.5 Å². The van der Waals surface area contributed by atoms with Crippen molar-refractivity contribution in [2.24, 2.45) is 5.41 Å². The van der Waals surface area contributed by atoms with Crippen molar-refractivity contribution in [2.45, 2.75) is 45.6 Å². The lowest BCUT2D eigenvalue weighted by Crippen LogP contribution is -2.43. The average Bonchev–Trinajstić information content (AvgIpc) is 2.76. The molecule has 19 heavy (non-hydrogen) atoms. The molecule has 1 aromatic rings. The van der Waals surface area contributed by atoms with Crippen LogP contribution in [0.1, 0.15) is 42.7 Å². The Hall–Kier alpha value is -0.450. The molecule has 1 saturated carbocycles. The molecule has 2 rings (SSSR count). The molecule has 1 aromatic heterocycles. The minimum absolute atomic E-state index is 0.486. The van der Waals surface area contributed by atoms with Crippen LogP contribution in [0.15, 0.2) is 5.51 Å². The highest BCUT2D eigenvalue weighted by atomic mass is 32.1. The third-order valence-electron chi connectivity index (χ3n) is 4.33. The van der Waals surface area contributed by atoms with E-state index in [1.54, 1.807) is 11.3 Å². The topological polar surface area (TPSA) is 28.2 Å². The molecule has 0 bridgehead atoms. The van der Waals surface area contributed by atoms with Crippen molar-refractivity contribution in [1.82, 2.24) is 15.2 Å². The van der Waals surface area contributed by atoms with Gasteiger partial charge in [0.25, 0.3) is 0 Å². The average molecular weight is 281 g/mol. The zero-order valence-corrected chi connectivity index (χ0v) is 13.4. The summed E-state index contributed by atoms with van der Waals surface area (Å²) in [6.45, 7) is 5.51. The Balaban J connectivity index is 1.94. The highest BCUT2D eigenvalue weighted by Crippen LogP contribution is 2.36. The molecule has 0 amide bonds. The Morgan fingerprint density at radius 3 is 2.68 bits per heavy atom. The van der Waals surface area contributed by atoms with Gasteiger partial charge in [-0.3, -0.25) is 0 Å². The summed E-state index contributed by atoms with van der Waals surface area (Å²) in [6, 6.07) is 0. The number of aromatic nitrogens is 1. The largest absolute Gasteiger partial charge is 0.319 e. The number of thiazole rings is 1. The van der Waals surface area contributed by atoms with E-state index in [0.717, 1.165) is 13.1 Å². The second-order valence-corrected chi connectivity index (χ2v) is 7.06. The molecule has 1 heterocycles. The predicted octanol–water partition coefficient (Wildman–Crippen LogP) is 3.05. The minimum atomic E-state index is 0.486.